The lowest BCUT2D eigenvalue weighted by molar-refractivity contribution is -0.115. The van der Waals surface area contributed by atoms with Crippen LogP contribution in [0.2, 0.25) is 10.0 Å². The third-order valence-corrected chi connectivity index (χ3v) is 5.58. The van der Waals surface area contributed by atoms with Gasteiger partial charge in [-0.25, -0.2) is 4.98 Å². The van der Waals surface area contributed by atoms with Gasteiger partial charge < -0.3 is 20.8 Å². The highest BCUT2D eigenvalue weighted by Gasteiger charge is 2.19. The Labute approximate surface area is 206 Å². The number of nitrogens with two attached hydrogens (primary N) is 1. The number of nitrogens with zero attached hydrogens (tertiary/aromatic N) is 2. The Morgan fingerprint density at radius 1 is 0.970 bits per heavy atom. The molecule has 10 heteroatoms. The molecule has 0 aliphatic rings. The summed E-state index contributed by atoms with van der Waals surface area (Å²) >= 11 is 12.3. The van der Waals surface area contributed by atoms with Gasteiger partial charge in [0.1, 0.15) is 0 Å². The Kier molecular flexibility index (Phi) is 7.48. The molecule has 4 N–H and O–H groups in total. The largest absolute Gasteiger partial charge is 0.397 e. The average Bonchev–Trinajstić information content (AvgIpc) is 3.06. The normalized spacial score (nSPS) is 10.5. The molecule has 0 aliphatic carbocycles. The van der Waals surface area contributed by atoms with Crippen molar-refractivity contribution in [1.29, 1.82) is 0 Å². The second kappa shape index (κ2) is 10.1. The number of aryl methyl sites for hydroxylation is 1. The molecule has 4 aromatic rings. The first-order chi connectivity index (χ1) is 15.3. The van der Waals surface area contributed by atoms with Gasteiger partial charge >= 0.3 is 0 Å². The maximum Gasteiger partial charge on any atom is 0.258 e. The third-order valence-electron chi connectivity index (χ3n) is 4.95. The predicted octanol–water partition coefficient (Wildman–Crippen LogP) is 5.39. The molecule has 0 unspecified atom stereocenters. The summed E-state index contributed by atoms with van der Waals surface area (Å²) < 4.78 is 1.77. The van der Waals surface area contributed by atoms with Gasteiger partial charge in [-0.05, 0) is 43.3 Å². The van der Waals surface area contributed by atoms with Gasteiger partial charge in [-0.15, -0.1) is 12.4 Å². The number of halogens is 3. The van der Waals surface area contributed by atoms with Crippen LogP contribution in [0.5, 0.6) is 0 Å². The van der Waals surface area contributed by atoms with E-state index in [0.29, 0.717) is 34.1 Å². The van der Waals surface area contributed by atoms with Crippen molar-refractivity contribution < 1.29 is 9.59 Å². The molecule has 7 nitrogen and oxygen atoms in total. The van der Waals surface area contributed by atoms with E-state index in [-0.39, 0.29) is 40.3 Å². The van der Waals surface area contributed by atoms with E-state index in [2.05, 4.69) is 15.6 Å². The molecular weight excluding hydrogens is 485 g/mol. The summed E-state index contributed by atoms with van der Waals surface area (Å²) in [6.07, 6.45) is 1.86. The number of carbonyl (C=O) groups is 2. The van der Waals surface area contributed by atoms with E-state index in [1.165, 1.54) is 0 Å². The van der Waals surface area contributed by atoms with Crippen LogP contribution in [0.4, 0.5) is 17.1 Å². The Morgan fingerprint density at radius 3 is 2.33 bits per heavy atom. The lowest BCUT2D eigenvalue weighted by atomic mass is 10.2. The topological polar surface area (TPSA) is 102 Å². The minimum Gasteiger partial charge on any atom is -0.397 e. The van der Waals surface area contributed by atoms with Gasteiger partial charge in [0.15, 0.2) is 5.65 Å². The van der Waals surface area contributed by atoms with Crippen molar-refractivity contribution in [2.75, 3.05) is 16.4 Å². The molecule has 0 bridgehead atoms. The molecule has 33 heavy (non-hydrogen) atoms. The molecule has 0 saturated heterocycles. The van der Waals surface area contributed by atoms with Crippen LogP contribution in [0.1, 0.15) is 21.7 Å². The van der Waals surface area contributed by atoms with Gasteiger partial charge in [-0.2, -0.15) is 0 Å². The van der Waals surface area contributed by atoms with E-state index in [1.807, 2.05) is 6.92 Å². The average molecular weight is 505 g/mol. The molecule has 2 aromatic heterocycles. The minimum atomic E-state index is -0.451. The molecule has 0 fully saturated rings. The van der Waals surface area contributed by atoms with Gasteiger partial charge in [0.2, 0.25) is 5.91 Å². The summed E-state index contributed by atoms with van der Waals surface area (Å²) in [5, 5.41) is 6.13. The molecule has 170 valence electrons. The predicted molar refractivity (Wildman–Crippen MR) is 135 cm³/mol. The maximum absolute atomic E-state index is 12.8. The summed E-state index contributed by atoms with van der Waals surface area (Å²) in [6.45, 7) is 1.81. The summed E-state index contributed by atoms with van der Waals surface area (Å²) in [4.78, 5) is 30.0. The number of anilines is 3. The van der Waals surface area contributed by atoms with Crippen LogP contribution in [0.15, 0.2) is 60.8 Å². The smallest absolute Gasteiger partial charge is 0.258 e. The number of pyridine rings is 1. The summed E-state index contributed by atoms with van der Waals surface area (Å²) in [7, 11) is 0. The second-order valence-corrected chi connectivity index (χ2v) is 7.94. The van der Waals surface area contributed by atoms with E-state index in [9.17, 15) is 9.59 Å². The SMILES string of the molecule is Cc1nc2c(NC(=O)c3c(Cl)cccc3Cl)cccn2c1CC(=O)Nc1ccccc1N.Cl. The number of rotatable bonds is 5. The number of benzene rings is 2. The highest BCUT2D eigenvalue weighted by molar-refractivity contribution is 6.40. The molecule has 2 amide bonds. The summed E-state index contributed by atoms with van der Waals surface area (Å²) in [5.74, 6) is -0.682. The number of aromatic nitrogens is 2. The quantitative estimate of drug-likeness (QED) is 0.317. The van der Waals surface area contributed by atoms with E-state index in [1.54, 1.807) is 65.2 Å². The minimum absolute atomic E-state index is 0. The number of fused-ring (bicyclic) bond motifs is 1. The van der Waals surface area contributed by atoms with Crippen molar-refractivity contribution in [3.8, 4) is 0 Å². The van der Waals surface area contributed by atoms with Crippen molar-refractivity contribution in [2.45, 2.75) is 13.3 Å². The van der Waals surface area contributed by atoms with E-state index in [4.69, 9.17) is 28.9 Å². The van der Waals surface area contributed by atoms with Crippen molar-refractivity contribution >= 4 is 70.1 Å². The lowest BCUT2D eigenvalue weighted by Crippen LogP contribution is -2.17. The fraction of sp³-hybridized carbons (Fsp3) is 0.0870. The third kappa shape index (κ3) is 5.06. The molecule has 0 atom stereocenters. The van der Waals surface area contributed by atoms with Crippen LogP contribution in [0.3, 0.4) is 0 Å². The van der Waals surface area contributed by atoms with E-state index >= 15 is 0 Å². The van der Waals surface area contributed by atoms with E-state index < -0.39 is 5.91 Å². The fourth-order valence-corrected chi connectivity index (χ4v) is 3.97. The lowest BCUT2D eigenvalue weighted by Gasteiger charge is -2.10. The zero-order valence-electron chi connectivity index (χ0n) is 17.4. The van der Waals surface area contributed by atoms with Crippen molar-refractivity contribution in [1.82, 2.24) is 9.38 Å². The number of para-hydroxylation sites is 2. The van der Waals surface area contributed by atoms with Crippen LogP contribution in [-0.4, -0.2) is 21.2 Å². The Balaban J connectivity index is 0.00000306. The Hall–Kier alpha value is -3.26. The molecule has 2 aromatic carbocycles. The van der Waals surface area contributed by atoms with Crippen LogP contribution in [-0.2, 0) is 11.2 Å². The highest BCUT2D eigenvalue weighted by atomic mass is 35.5. The molecule has 0 spiro atoms. The van der Waals surface area contributed by atoms with Crippen LogP contribution in [0.25, 0.3) is 5.65 Å². The standard InChI is InChI=1S/C23H19Cl2N5O2.ClH/c1-13-19(12-20(31)28-17-9-3-2-8-16(17)26)30-11-5-10-18(22(30)27-13)29-23(32)21-14(24)6-4-7-15(21)25;/h2-11H,12,26H2,1H3,(H,28,31)(H,29,32);1H. The monoisotopic (exact) mass is 503 g/mol. The second-order valence-electron chi connectivity index (χ2n) is 7.12. The summed E-state index contributed by atoms with van der Waals surface area (Å²) in [6, 6.07) is 15.4. The molecule has 0 saturated carbocycles. The number of hydrogen-bond acceptors (Lipinski definition) is 4. The first kappa shape index (κ1) is 24.4. The van der Waals surface area contributed by atoms with Gasteiger partial charge in [-0.1, -0.05) is 41.4 Å². The molecule has 2 heterocycles. The first-order valence-electron chi connectivity index (χ1n) is 9.71. The molecule has 0 radical (unpaired) electrons. The molecular formula is C23H20Cl3N5O2. The molecule has 4 rings (SSSR count). The summed E-state index contributed by atoms with van der Waals surface area (Å²) in [5.41, 5.74) is 9.45. The highest BCUT2D eigenvalue weighted by Crippen LogP contribution is 2.27. The number of imidazole rings is 1. The van der Waals surface area contributed by atoms with Crippen molar-refractivity contribution in [2.24, 2.45) is 0 Å². The van der Waals surface area contributed by atoms with Gasteiger partial charge in [0.25, 0.3) is 5.91 Å². The van der Waals surface area contributed by atoms with E-state index in [0.717, 1.165) is 0 Å². The number of amides is 2. The van der Waals surface area contributed by atoms with Crippen LogP contribution < -0.4 is 16.4 Å². The number of nitrogen functional groups attached to an aromatic ring is 1. The zero-order valence-corrected chi connectivity index (χ0v) is 19.8. The number of hydrogen-bond donors (Lipinski definition) is 3. The maximum atomic E-state index is 12.8. The number of carbonyl (C=O) groups excluding carboxylic acids is 2. The van der Waals surface area contributed by atoms with Crippen LogP contribution in [0, 0.1) is 6.92 Å². The first-order valence-corrected chi connectivity index (χ1v) is 10.5. The van der Waals surface area contributed by atoms with Crippen molar-refractivity contribution in [3.05, 3.63) is 87.8 Å². The Morgan fingerprint density at radius 2 is 1.64 bits per heavy atom. The molecule has 0 aliphatic heterocycles. The fourth-order valence-electron chi connectivity index (χ4n) is 3.40. The Bertz CT molecular complexity index is 1330. The van der Waals surface area contributed by atoms with Crippen LogP contribution >= 0.6 is 35.6 Å². The van der Waals surface area contributed by atoms with Gasteiger partial charge in [-0.3, -0.25) is 9.59 Å². The van der Waals surface area contributed by atoms with Gasteiger partial charge in [0, 0.05) is 6.20 Å². The van der Waals surface area contributed by atoms with Gasteiger partial charge in [0.05, 0.1) is 50.5 Å². The number of nitrogens with one attached hydrogen (secondary N) is 2. The van der Waals surface area contributed by atoms with Crippen molar-refractivity contribution in [3.63, 3.8) is 0 Å². The zero-order chi connectivity index (χ0) is 22.8.